The number of carbonyl (C=O) groups is 1. The fourth-order valence-electron chi connectivity index (χ4n) is 2.87. The van der Waals surface area contributed by atoms with Crippen molar-refractivity contribution in [3.05, 3.63) is 65.7 Å². The van der Waals surface area contributed by atoms with E-state index in [0.717, 1.165) is 11.3 Å². The second-order valence-corrected chi connectivity index (χ2v) is 5.93. The third-order valence-electron chi connectivity index (χ3n) is 4.18. The predicted molar refractivity (Wildman–Crippen MR) is 88.6 cm³/mol. The Hall–Kier alpha value is -2.40. The van der Waals surface area contributed by atoms with Crippen LogP contribution in [0.4, 0.5) is 4.39 Å². The quantitative estimate of drug-likeness (QED) is 0.918. The van der Waals surface area contributed by atoms with Gasteiger partial charge in [-0.25, -0.2) is 4.39 Å². The topological polar surface area (TPSA) is 49.8 Å². The first-order valence-corrected chi connectivity index (χ1v) is 8.00. The molecule has 126 valence electrons. The maximum atomic E-state index is 13.5. The van der Waals surface area contributed by atoms with Gasteiger partial charge in [-0.05, 0) is 29.8 Å². The molecule has 2 atom stereocenters. The Bertz CT molecular complexity index is 675. The van der Waals surface area contributed by atoms with Gasteiger partial charge in [0.1, 0.15) is 18.5 Å². The molecule has 1 fully saturated rings. The minimum atomic E-state index is -1.07. The van der Waals surface area contributed by atoms with E-state index in [-0.39, 0.29) is 25.5 Å². The lowest BCUT2D eigenvalue weighted by Crippen LogP contribution is -2.37. The molecule has 1 aliphatic rings. The maximum Gasteiger partial charge on any atom is 0.254 e. The molecule has 1 heterocycles. The lowest BCUT2D eigenvalue weighted by molar-refractivity contribution is 0.0673. The van der Waals surface area contributed by atoms with Crippen LogP contribution in [0, 0.1) is 0 Å². The molecule has 0 aromatic heterocycles. The molecule has 0 bridgehead atoms. The summed E-state index contributed by atoms with van der Waals surface area (Å²) in [6, 6.07) is 16.1. The van der Waals surface area contributed by atoms with E-state index in [1.165, 1.54) is 4.90 Å². The number of nitrogens with zero attached hydrogens (tertiary/aromatic N) is 1. The van der Waals surface area contributed by atoms with Gasteiger partial charge < -0.3 is 14.7 Å². The van der Waals surface area contributed by atoms with Gasteiger partial charge in [0.2, 0.25) is 0 Å². The first-order chi connectivity index (χ1) is 11.7. The van der Waals surface area contributed by atoms with Crippen LogP contribution in [0.1, 0.15) is 22.3 Å². The van der Waals surface area contributed by atoms with Crippen LogP contribution in [0.25, 0.3) is 0 Å². The number of hydrogen-bond donors (Lipinski definition) is 1. The number of rotatable bonds is 5. The van der Waals surface area contributed by atoms with Gasteiger partial charge in [0.05, 0.1) is 19.2 Å². The average molecular weight is 329 g/mol. The zero-order valence-corrected chi connectivity index (χ0v) is 13.3. The van der Waals surface area contributed by atoms with Gasteiger partial charge in [-0.15, -0.1) is 0 Å². The molecule has 1 N–H and O–H groups in total. The molecule has 4 nitrogen and oxygen atoms in total. The number of alkyl halides is 1. The molecule has 0 unspecified atom stereocenters. The fourth-order valence-corrected chi connectivity index (χ4v) is 2.87. The molecule has 24 heavy (non-hydrogen) atoms. The third-order valence-corrected chi connectivity index (χ3v) is 4.18. The standard InChI is InChI=1S/C19H20FNO3/c20-16-10-17(12-22)21(11-16)19(23)15-8-6-14(7-9-15)13-24-18-4-2-1-3-5-18/h1-9,16-17,22H,10-13H2/t16-,17-/m0/s1. The Kier molecular flexibility index (Phi) is 5.11. The molecule has 1 saturated heterocycles. The first kappa shape index (κ1) is 16.5. The van der Waals surface area contributed by atoms with Crippen molar-refractivity contribution in [2.75, 3.05) is 13.2 Å². The van der Waals surface area contributed by atoms with E-state index in [2.05, 4.69) is 0 Å². The van der Waals surface area contributed by atoms with E-state index < -0.39 is 12.2 Å². The Morgan fingerprint density at radius 3 is 2.54 bits per heavy atom. The number of ether oxygens (including phenoxy) is 1. The summed E-state index contributed by atoms with van der Waals surface area (Å²) in [6.07, 6.45) is -0.866. The lowest BCUT2D eigenvalue weighted by atomic mass is 10.1. The van der Waals surface area contributed by atoms with Crippen LogP contribution < -0.4 is 4.74 Å². The number of aliphatic hydroxyl groups excluding tert-OH is 1. The highest BCUT2D eigenvalue weighted by molar-refractivity contribution is 5.94. The number of halogens is 1. The van der Waals surface area contributed by atoms with Crippen LogP contribution in [0.2, 0.25) is 0 Å². The molecule has 0 aliphatic carbocycles. The summed E-state index contributed by atoms with van der Waals surface area (Å²) in [6.45, 7) is 0.242. The van der Waals surface area contributed by atoms with Crippen LogP contribution in [0.3, 0.4) is 0 Å². The van der Waals surface area contributed by atoms with Crippen molar-refractivity contribution in [2.45, 2.75) is 25.2 Å². The van der Waals surface area contributed by atoms with Crippen molar-refractivity contribution in [1.82, 2.24) is 4.90 Å². The van der Waals surface area contributed by atoms with Gasteiger partial charge in [0, 0.05) is 12.0 Å². The molecule has 5 heteroatoms. The maximum absolute atomic E-state index is 13.5. The Labute approximate surface area is 140 Å². The summed E-state index contributed by atoms with van der Waals surface area (Å²) in [5.74, 6) is 0.541. The minimum Gasteiger partial charge on any atom is -0.489 e. The number of amides is 1. The van der Waals surface area contributed by atoms with Crippen molar-refractivity contribution in [3.8, 4) is 5.75 Å². The smallest absolute Gasteiger partial charge is 0.254 e. The van der Waals surface area contributed by atoms with Crippen LogP contribution in [0.5, 0.6) is 5.75 Å². The third kappa shape index (κ3) is 3.74. The number of hydrogen-bond acceptors (Lipinski definition) is 3. The van der Waals surface area contributed by atoms with Crippen molar-refractivity contribution in [1.29, 1.82) is 0 Å². The van der Waals surface area contributed by atoms with Crippen molar-refractivity contribution < 1.29 is 19.0 Å². The Balaban J connectivity index is 1.62. The highest BCUT2D eigenvalue weighted by atomic mass is 19.1. The SMILES string of the molecule is O=C(c1ccc(COc2ccccc2)cc1)N1C[C@@H](F)C[C@H]1CO. The highest BCUT2D eigenvalue weighted by Gasteiger charge is 2.35. The second kappa shape index (κ2) is 7.45. The summed E-state index contributed by atoms with van der Waals surface area (Å²) >= 11 is 0. The molecular weight excluding hydrogens is 309 g/mol. The monoisotopic (exact) mass is 329 g/mol. The van der Waals surface area contributed by atoms with Gasteiger partial charge in [-0.2, -0.15) is 0 Å². The lowest BCUT2D eigenvalue weighted by Gasteiger charge is -2.22. The normalized spacial score (nSPS) is 20.2. The number of aliphatic hydroxyl groups is 1. The predicted octanol–water partition coefficient (Wildman–Crippen LogP) is 2.81. The summed E-state index contributed by atoms with van der Waals surface area (Å²) in [5, 5.41) is 9.30. The Morgan fingerprint density at radius 1 is 1.17 bits per heavy atom. The van der Waals surface area contributed by atoms with Gasteiger partial charge >= 0.3 is 0 Å². The van der Waals surface area contributed by atoms with Crippen molar-refractivity contribution >= 4 is 5.91 Å². The van der Waals surface area contributed by atoms with E-state index >= 15 is 0 Å². The zero-order valence-electron chi connectivity index (χ0n) is 13.3. The van der Waals surface area contributed by atoms with Crippen LogP contribution in [0.15, 0.2) is 54.6 Å². The average Bonchev–Trinajstić information content (AvgIpc) is 3.01. The fraction of sp³-hybridized carbons (Fsp3) is 0.316. The van der Waals surface area contributed by atoms with Gasteiger partial charge in [-0.1, -0.05) is 30.3 Å². The van der Waals surface area contributed by atoms with E-state index in [9.17, 15) is 14.3 Å². The molecule has 0 saturated carbocycles. The number of likely N-dealkylation sites (tertiary alicyclic amines) is 1. The first-order valence-electron chi connectivity index (χ1n) is 8.00. The molecule has 1 aliphatic heterocycles. The van der Waals surface area contributed by atoms with E-state index in [4.69, 9.17) is 4.74 Å². The molecule has 0 radical (unpaired) electrons. The molecule has 1 amide bonds. The van der Waals surface area contributed by atoms with Gasteiger partial charge in [-0.3, -0.25) is 4.79 Å². The minimum absolute atomic E-state index is 0.0446. The summed E-state index contributed by atoms with van der Waals surface area (Å²) in [5.41, 5.74) is 1.44. The number of benzene rings is 2. The Morgan fingerprint density at radius 2 is 1.88 bits per heavy atom. The molecular formula is C19H20FNO3. The zero-order chi connectivity index (χ0) is 16.9. The van der Waals surface area contributed by atoms with Crippen molar-refractivity contribution in [3.63, 3.8) is 0 Å². The highest BCUT2D eigenvalue weighted by Crippen LogP contribution is 2.22. The molecule has 0 spiro atoms. The largest absolute Gasteiger partial charge is 0.489 e. The van der Waals surface area contributed by atoms with Crippen LogP contribution >= 0.6 is 0 Å². The number of para-hydroxylation sites is 1. The van der Waals surface area contributed by atoms with Gasteiger partial charge in [0.15, 0.2) is 0 Å². The van der Waals surface area contributed by atoms with E-state index in [0.29, 0.717) is 12.2 Å². The van der Waals surface area contributed by atoms with Gasteiger partial charge in [0.25, 0.3) is 5.91 Å². The number of carbonyl (C=O) groups excluding carboxylic acids is 1. The second-order valence-electron chi connectivity index (χ2n) is 5.93. The van der Waals surface area contributed by atoms with Crippen molar-refractivity contribution in [2.24, 2.45) is 0 Å². The van der Waals surface area contributed by atoms with Crippen LogP contribution in [-0.4, -0.2) is 41.3 Å². The molecule has 2 aromatic carbocycles. The van der Waals surface area contributed by atoms with E-state index in [1.807, 2.05) is 42.5 Å². The molecule has 2 aromatic rings. The van der Waals surface area contributed by atoms with Crippen LogP contribution in [-0.2, 0) is 6.61 Å². The summed E-state index contributed by atoms with van der Waals surface area (Å²) in [7, 11) is 0. The molecule has 3 rings (SSSR count). The van der Waals surface area contributed by atoms with E-state index in [1.54, 1.807) is 12.1 Å². The summed E-state index contributed by atoms with van der Waals surface area (Å²) < 4.78 is 19.2. The summed E-state index contributed by atoms with van der Waals surface area (Å²) in [4.78, 5) is 13.9.